The van der Waals surface area contributed by atoms with Crippen LogP contribution in [0.2, 0.25) is 0 Å². The molecule has 0 spiro atoms. The van der Waals surface area contributed by atoms with Crippen molar-refractivity contribution in [2.45, 2.75) is 32.7 Å². The Kier molecular flexibility index (Phi) is 7.12. The fraction of sp³-hybridized carbons (Fsp3) is 0.455. The number of aromatic nitrogens is 1. The van der Waals surface area contributed by atoms with Crippen LogP contribution in [-0.4, -0.2) is 50.3 Å². The van der Waals surface area contributed by atoms with Crippen molar-refractivity contribution in [2.24, 2.45) is 4.99 Å². The van der Waals surface area contributed by atoms with Crippen LogP contribution in [0.3, 0.4) is 0 Å². The highest BCUT2D eigenvalue weighted by molar-refractivity contribution is 5.80. The van der Waals surface area contributed by atoms with Gasteiger partial charge in [-0.25, -0.2) is 0 Å². The third-order valence-electron chi connectivity index (χ3n) is 5.09. The van der Waals surface area contributed by atoms with Crippen LogP contribution in [0, 0.1) is 6.92 Å². The number of hydrogen-bond donors (Lipinski definition) is 2. The number of hydrogen-bond acceptors (Lipinski definition) is 4. The maximum absolute atomic E-state index is 5.51. The number of benzene rings is 1. The molecule has 2 aromatic rings. The summed E-state index contributed by atoms with van der Waals surface area (Å²) in [6, 6.07) is 10.7. The van der Waals surface area contributed by atoms with Gasteiger partial charge in [0.05, 0.1) is 12.8 Å². The summed E-state index contributed by atoms with van der Waals surface area (Å²) >= 11 is 0. The second-order valence-electron chi connectivity index (χ2n) is 7.06. The summed E-state index contributed by atoms with van der Waals surface area (Å²) < 4.78 is 5.51. The van der Waals surface area contributed by atoms with Crippen LogP contribution in [-0.2, 0) is 6.42 Å². The van der Waals surface area contributed by atoms with E-state index in [-0.39, 0.29) is 0 Å². The molecule has 0 bridgehead atoms. The fourth-order valence-electron chi connectivity index (χ4n) is 3.57. The molecule has 0 amide bonds. The van der Waals surface area contributed by atoms with E-state index in [1.54, 1.807) is 7.11 Å². The van der Waals surface area contributed by atoms with E-state index >= 15 is 0 Å². The molecule has 1 aromatic carbocycles. The lowest BCUT2D eigenvalue weighted by molar-refractivity contribution is 0.415. The Hall–Kier alpha value is -2.76. The zero-order valence-corrected chi connectivity index (χ0v) is 17.1. The first-order valence-electron chi connectivity index (χ1n) is 10.0. The van der Waals surface area contributed by atoms with Gasteiger partial charge < -0.3 is 20.3 Å². The van der Waals surface area contributed by atoms with E-state index in [0.717, 1.165) is 56.4 Å². The lowest BCUT2D eigenvalue weighted by Gasteiger charge is -2.22. The van der Waals surface area contributed by atoms with E-state index in [4.69, 9.17) is 9.73 Å². The molecule has 150 valence electrons. The van der Waals surface area contributed by atoms with Gasteiger partial charge in [0, 0.05) is 44.6 Å². The monoisotopic (exact) mass is 381 g/mol. The van der Waals surface area contributed by atoms with Crippen LogP contribution in [0.5, 0.6) is 5.75 Å². The molecule has 1 aliphatic rings. The first kappa shape index (κ1) is 20.0. The van der Waals surface area contributed by atoms with E-state index in [1.165, 1.54) is 11.1 Å². The highest BCUT2D eigenvalue weighted by atomic mass is 16.5. The topological polar surface area (TPSA) is 61.8 Å². The normalized spacial score (nSPS) is 16.9. The first-order valence-corrected chi connectivity index (χ1v) is 10.0. The summed E-state index contributed by atoms with van der Waals surface area (Å²) in [5.74, 6) is 1.82. The van der Waals surface area contributed by atoms with Gasteiger partial charge in [0.25, 0.3) is 0 Å². The van der Waals surface area contributed by atoms with E-state index in [2.05, 4.69) is 52.6 Å². The minimum Gasteiger partial charge on any atom is -0.495 e. The van der Waals surface area contributed by atoms with Gasteiger partial charge in [0.15, 0.2) is 5.96 Å². The molecule has 0 radical (unpaired) electrons. The van der Waals surface area contributed by atoms with Crippen LogP contribution >= 0.6 is 0 Å². The van der Waals surface area contributed by atoms with E-state index in [9.17, 15) is 0 Å². The van der Waals surface area contributed by atoms with Crippen molar-refractivity contribution in [3.8, 4) is 5.75 Å². The molecule has 3 rings (SSSR count). The fourth-order valence-corrected chi connectivity index (χ4v) is 3.57. The lowest BCUT2D eigenvalue weighted by atomic mass is 10.1. The maximum Gasteiger partial charge on any atom is 0.191 e. The number of para-hydroxylation sites is 2. The Morgan fingerprint density at radius 3 is 2.96 bits per heavy atom. The van der Waals surface area contributed by atoms with Gasteiger partial charge in [-0.15, -0.1) is 0 Å². The number of rotatable bonds is 7. The van der Waals surface area contributed by atoms with Crippen molar-refractivity contribution in [2.75, 3.05) is 38.2 Å². The standard InChI is InChI=1S/C22H31N5O/c1-4-24-22(25-13-10-18-9-12-23-15-17(18)2)26-19-11-14-27(16-19)20-7-5-6-8-21(20)28-3/h5-9,12,15,19H,4,10-11,13-14,16H2,1-3H3,(H2,24,25,26). The Bertz CT molecular complexity index is 792. The van der Waals surface area contributed by atoms with Crippen molar-refractivity contribution in [1.82, 2.24) is 15.6 Å². The number of aliphatic imine (C=N–C) groups is 1. The molecule has 1 aliphatic heterocycles. The molecule has 2 N–H and O–H groups in total. The Labute approximate surface area is 168 Å². The summed E-state index contributed by atoms with van der Waals surface area (Å²) in [6.45, 7) is 7.74. The minimum absolute atomic E-state index is 0.366. The Morgan fingerprint density at radius 1 is 1.32 bits per heavy atom. The molecule has 1 unspecified atom stereocenters. The second kappa shape index (κ2) is 9.97. The van der Waals surface area contributed by atoms with Crippen molar-refractivity contribution in [3.63, 3.8) is 0 Å². The van der Waals surface area contributed by atoms with E-state index in [1.807, 2.05) is 24.5 Å². The summed E-state index contributed by atoms with van der Waals surface area (Å²) in [5, 5.41) is 6.97. The van der Waals surface area contributed by atoms with Crippen LogP contribution in [0.1, 0.15) is 24.5 Å². The lowest BCUT2D eigenvalue weighted by Crippen LogP contribution is -2.44. The van der Waals surface area contributed by atoms with Gasteiger partial charge in [-0.05, 0) is 56.0 Å². The molecule has 0 saturated carbocycles. The average Bonchev–Trinajstić information content (AvgIpc) is 3.18. The van der Waals surface area contributed by atoms with Crippen LogP contribution in [0.4, 0.5) is 5.69 Å². The van der Waals surface area contributed by atoms with Gasteiger partial charge in [-0.2, -0.15) is 0 Å². The third kappa shape index (κ3) is 5.15. The number of ether oxygens (including phenoxy) is 1. The van der Waals surface area contributed by atoms with E-state index in [0.29, 0.717) is 6.04 Å². The molecule has 2 heterocycles. The zero-order valence-electron chi connectivity index (χ0n) is 17.1. The molecule has 0 aliphatic carbocycles. The Morgan fingerprint density at radius 2 is 2.18 bits per heavy atom. The third-order valence-corrected chi connectivity index (χ3v) is 5.09. The summed E-state index contributed by atoms with van der Waals surface area (Å²) in [6.07, 6.45) is 5.75. The van der Waals surface area contributed by atoms with Crippen LogP contribution in [0.25, 0.3) is 0 Å². The number of methoxy groups -OCH3 is 1. The van der Waals surface area contributed by atoms with Gasteiger partial charge in [-0.3, -0.25) is 9.98 Å². The molecule has 28 heavy (non-hydrogen) atoms. The number of nitrogens with zero attached hydrogens (tertiary/aromatic N) is 3. The average molecular weight is 382 g/mol. The van der Waals surface area contributed by atoms with Gasteiger partial charge >= 0.3 is 0 Å². The van der Waals surface area contributed by atoms with Gasteiger partial charge in [0.2, 0.25) is 0 Å². The quantitative estimate of drug-likeness (QED) is 0.570. The van der Waals surface area contributed by atoms with Gasteiger partial charge in [0.1, 0.15) is 5.75 Å². The summed E-state index contributed by atoms with van der Waals surface area (Å²) in [7, 11) is 1.73. The zero-order chi connectivity index (χ0) is 19.8. The van der Waals surface area contributed by atoms with Crippen LogP contribution in [0.15, 0.2) is 47.7 Å². The Balaban J connectivity index is 1.58. The van der Waals surface area contributed by atoms with Crippen molar-refractivity contribution >= 4 is 11.6 Å². The summed E-state index contributed by atoms with van der Waals surface area (Å²) in [4.78, 5) is 11.3. The predicted octanol–water partition coefficient (Wildman–Crippen LogP) is 2.78. The van der Waals surface area contributed by atoms with Gasteiger partial charge in [-0.1, -0.05) is 12.1 Å². The molecular formula is C22H31N5O. The number of nitrogens with one attached hydrogen (secondary N) is 2. The first-order chi connectivity index (χ1) is 13.7. The molecule has 6 nitrogen and oxygen atoms in total. The highest BCUT2D eigenvalue weighted by Crippen LogP contribution is 2.30. The van der Waals surface area contributed by atoms with E-state index < -0.39 is 0 Å². The van der Waals surface area contributed by atoms with Crippen molar-refractivity contribution < 1.29 is 4.74 Å². The molecule has 1 saturated heterocycles. The largest absolute Gasteiger partial charge is 0.495 e. The number of anilines is 1. The number of guanidine groups is 1. The molecule has 1 atom stereocenters. The van der Waals surface area contributed by atoms with Crippen molar-refractivity contribution in [1.29, 1.82) is 0 Å². The maximum atomic E-state index is 5.51. The number of aryl methyl sites for hydroxylation is 1. The van der Waals surface area contributed by atoms with Crippen molar-refractivity contribution in [3.05, 3.63) is 53.9 Å². The minimum atomic E-state index is 0.366. The predicted molar refractivity (Wildman–Crippen MR) is 115 cm³/mol. The van der Waals surface area contributed by atoms with Crippen LogP contribution < -0.4 is 20.3 Å². The smallest absolute Gasteiger partial charge is 0.191 e. The summed E-state index contributed by atoms with van der Waals surface area (Å²) in [5.41, 5.74) is 3.68. The SMILES string of the molecule is CCNC(=NCCc1ccncc1C)NC1CCN(c2ccccc2OC)C1. The molecule has 1 fully saturated rings. The molecule has 6 heteroatoms. The number of pyridine rings is 1. The highest BCUT2D eigenvalue weighted by Gasteiger charge is 2.25. The molecule has 1 aromatic heterocycles. The molecular weight excluding hydrogens is 350 g/mol. The second-order valence-corrected chi connectivity index (χ2v) is 7.06.